The molecule has 126 valence electrons. The van der Waals surface area contributed by atoms with E-state index in [4.69, 9.17) is 0 Å². The van der Waals surface area contributed by atoms with E-state index in [0.29, 0.717) is 6.54 Å². The predicted molar refractivity (Wildman–Crippen MR) is 95.6 cm³/mol. The van der Waals surface area contributed by atoms with Crippen LogP contribution in [-0.4, -0.2) is 24.9 Å². The number of rotatable bonds is 5. The summed E-state index contributed by atoms with van der Waals surface area (Å²) in [6, 6.07) is 11.4. The van der Waals surface area contributed by atoms with Gasteiger partial charge in [-0.05, 0) is 36.8 Å². The second kappa shape index (κ2) is 8.06. The molecule has 0 bridgehead atoms. The van der Waals surface area contributed by atoms with E-state index in [1.54, 1.807) is 11.0 Å². The molecule has 0 aliphatic rings. The highest BCUT2D eigenvalue weighted by Gasteiger charge is 2.14. The zero-order valence-corrected chi connectivity index (χ0v) is 15.1. The molecular weight excluding hydrogens is 375 g/mol. The van der Waals surface area contributed by atoms with Gasteiger partial charge in [-0.2, -0.15) is 0 Å². The molecule has 0 atom stereocenters. The van der Waals surface area contributed by atoms with Crippen molar-refractivity contribution in [2.75, 3.05) is 18.0 Å². The van der Waals surface area contributed by atoms with E-state index >= 15 is 0 Å². The minimum absolute atomic E-state index is 0.00930. The second-order valence-electron chi connectivity index (χ2n) is 5.34. The quantitative estimate of drug-likeness (QED) is 0.843. The first-order chi connectivity index (χ1) is 11.4. The van der Waals surface area contributed by atoms with E-state index in [2.05, 4.69) is 21.2 Å². The lowest BCUT2D eigenvalue weighted by Crippen LogP contribution is -2.37. The van der Waals surface area contributed by atoms with Gasteiger partial charge in [0.2, 0.25) is 5.91 Å². The van der Waals surface area contributed by atoms with Gasteiger partial charge in [-0.3, -0.25) is 9.59 Å². The third-order valence-corrected chi connectivity index (χ3v) is 4.44. The van der Waals surface area contributed by atoms with Gasteiger partial charge in [0.25, 0.3) is 5.91 Å². The molecule has 0 saturated heterocycles. The molecule has 6 heteroatoms. The van der Waals surface area contributed by atoms with Gasteiger partial charge in [0, 0.05) is 30.2 Å². The van der Waals surface area contributed by atoms with E-state index < -0.39 is 11.7 Å². The highest BCUT2D eigenvalue weighted by atomic mass is 79.9. The van der Waals surface area contributed by atoms with E-state index in [9.17, 15) is 14.0 Å². The topological polar surface area (TPSA) is 49.4 Å². The average Bonchev–Trinajstić information content (AvgIpc) is 2.54. The molecule has 0 saturated carbocycles. The summed E-state index contributed by atoms with van der Waals surface area (Å²) in [5, 5.41) is 2.64. The number of amides is 2. The Morgan fingerprint density at radius 3 is 2.54 bits per heavy atom. The Kier molecular flexibility index (Phi) is 6.09. The van der Waals surface area contributed by atoms with Crippen LogP contribution >= 0.6 is 15.9 Å². The highest BCUT2D eigenvalue weighted by Crippen LogP contribution is 2.23. The summed E-state index contributed by atoms with van der Waals surface area (Å²) >= 11 is 3.44. The van der Waals surface area contributed by atoms with Gasteiger partial charge in [0.05, 0.1) is 5.56 Å². The van der Waals surface area contributed by atoms with Crippen molar-refractivity contribution in [3.05, 3.63) is 63.9 Å². The molecule has 0 heterocycles. The van der Waals surface area contributed by atoms with Crippen LogP contribution in [-0.2, 0) is 4.79 Å². The molecule has 4 nitrogen and oxygen atoms in total. The summed E-state index contributed by atoms with van der Waals surface area (Å²) in [4.78, 5) is 25.4. The number of hydrogen-bond donors (Lipinski definition) is 1. The Morgan fingerprint density at radius 2 is 1.92 bits per heavy atom. The summed E-state index contributed by atoms with van der Waals surface area (Å²) in [7, 11) is 0. The Hall–Kier alpha value is -2.21. The SMILES string of the molecule is CC(=O)N(CCNC(=O)c1ccccc1F)c1ccc(C)c(Br)c1. The summed E-state index contributed by atoms with van der Waals surface area (Å²) in [6.45, 7) is 3.94. The average molecular weight is 393 g/mol. The van der Waals surface area contributed by atoms with Gasteiger partial charge in [-0.15, -0.1) is 0 Å². The van der Waals surface area contributed by atoms with E-state index in [-0.39, 0.29) is 18.0 Å². The monoisotopic (exact) mass is 392 g/mol. The van der Waals surface area contributed by atoms with Crippen LogP contribution in [0.4, 0.5) is 10.1 Å². The predicted octanol–water partition coefficient (Wildman–Crippen LogP) is 3.68. The first-order valence-electron chi connectivity index (χ1n) is 7.47. The van der Waals surface area contributed by atoms with Crippen LogP contribution in [0, 0.1) is 12.7 Å². The highest BCUT2D eigenvalue weighted by molar-refractivity contribution is 9.10. The molecule has 0 aliphatic carbocycles. The van der Waals surface area contributed by atoms with E-state index in [1.807, 2.05) is 25.1 Å². The van der Waals surface area contributed by atoms with Crippen molar-refractivity contribution in [3.8, 4) is 0 Å². The molecule has 24 heavy (non-hydrogen) atoms. The van der Waals surface area contributed by atoms with Crippen molar-refractivity contribution >= 4 is 33.4 Å². The molecule has 0 unspecified atom stereocenters. The van der Waals surface area contributed by atoms with Crippen LogP contribution < -0.4 is 10.2 Å². The van der Waals surface area contributed by atoms with Crippen LogP contribution in [0.25, 0.3) is 0 Å². The number of hydrogen-bond acceptors (Lipinski definition) is 2. The van der Waals surface area contributed by atoms with Crippen molar-refractivity contribution in [3.63, 3.8) is 0 Å². The Bertz CT molecular complexity index is 764. The van der Waals surface area contributed by atoms with Gasteiger partial charge in [-0.25, -0.2) is 4.39 Å². The first kappa shape index (κ1) is 18.1. The number of aryl methyl sites for hydroxylation is 1. The molecule has 0 fully saturated rings. The van der Waals surface area contributed by atoms with E-state index in [1.165, 1.54) is 25.1 Å². The maximum atomic E-state index is 13.6. The first-order valence-corrected chi connectivity index (χ1v) is 8.26. The molecule has 2 amide bonds. The van der Waals surface area contributed by atoms with Gasteiger partial charge in [0.1, 0.15) is 5.82 Å². The van der Waals surface area contributed by atoms with Crippen LogP contribution in [0.15, 0.2) is 46.9 Å². The number of halogens is 2. The molecule has 0 aromatic heterocycles. The Balaban J connectivity index is 2.02. The fraction of sp³-hybridized carbons (Fsp3) is 0.222. The summed E-state index contributed by atoms with van der Waals surface area (Å²) in [5.41, 5.74) is 1.79. The van der Waals surface area contributed by atoms with Crippen molar-refractivity contribution in [1.29, 1.82) is 0 Å². The van der Waals surface area contributed by atoms with Crippen molar-refractivity contribution in [2.24, 2.45) is 0 Å². The lowest BCUT2D eigenvalue weighted by molar-refractivity contribution is -0.116. The lowest BCUT2D eigenvalue weighted by Gasteiger charge is -2.22. The zero-order valence-electron chi connectivity index (χ0n) is 13.5. The molecule has 0 radical (unpaired) electrons. The molecule has 2 rings (SSSR count). The molecule has 2 aromatic rings. The number of carbonyl (C=O) groups is 2. The number of nitrogens with one attached hydrogen (secondary N) is 1. The maximum absolute atomic E-state index is 13.6. The van der Waals surface area contributed by atoms with Gasteiger partial charge in [-0.1, -0.05) is 34.1 Å². The third kappa shape index (κ3) is 4.41. The number of anilines is 1. The molecular formula is C18H18BrFN2O2. The van der Waals surface area contributed by atoms with Crippen LogP contribution in [0.1, 0.15) is 22.8 Å². The Labute approximate surface area is 148 Å². The normalized spacial score (nSPS) is 10.3. The summed E-state index contributed by atoms with van der Waals surface area (Å²) in [6.07, 6.45) is 0. The van der Waals surface area contributed by atoms with Crippen LogP contribution in [0.3, 0.4) is 0 Å². The van der Waals surface area contributed by atoms with E-state index in [0.717, 1.165) is 15.7 Å². The minimum Gasteiger partial charge on any atom is -0.350 e. The molecule has 2 aromatic carbocycles. The summed E-state index contributed by atoms with van der Waals surface area (Å²) in [5.74, 6) is -1.20. The third-order valence-electron chi connectivity index (χ3n) is 3.59. The fourth-order valence-corrected chi connectivity index (χ4v) is 2.61. The number of nitrogens with zero attached hydrogens (tertiary/aromatic N) is 1. The second-order valence-corrected chi connectivity index (χ2v) is 6.19. The fourth-order valence-electron chi connectivity index (χ4n) is 2.24. The van der Waals surface area contributed by atoms with Crippen LogP contribution in [0.5, 0.6) is 0 Å². The molecule has 1 N–H and O–H groups in total. The zero-order chi connectivity index (χ0) is 17.7. The maximum Gasteiger partial charge on any atom is 0.254 e. The van der Waals surface area contributed by atoms with Crippen molar-refractivity contribution in [2.45, 2.75) is 13.8 Å². The lowest BCUT2D eigenvalue weighted by atomic mass is 10.2. The number of benzene rings is 2. The largest absolute Gasteiger partial charge is 0.350 e. The molecule has 0 spiro atoms. The minimum atomic E-state index is -0.569. The summed E-state index contributed by atoms with van der Waals surface area (Å²) < 4.78 is 14.5. The van der Waals surface area contributed by atoms with Gasteiger partial charge >= 0.3 is 0 Å². The van der Waals surface area contributed by atoms with Gasteiger partial charge < -0.3 is 10.2 Å². The Morgan fingerprint density at radius 1 is 1.21 bits per heavy atom. The van der Waals surface area contributed by atoms with Gasteiger partial charge in [0.15, 0.2) is 0 Å². The van der Waals surface area contributed by atoms with Crippen molar-refractivity contribution in [1.82, 2.24) is 5.32 Å². The number of carbonyl (C=O) groups excluding carboxylic acids is 2. The molecule has 0 aliphatic heterocycles. The standard InChI is InChI=1S/C18H18BrFN2O2/c1-12-7-8-14(11-16(12)19)22(13(2)23)10-9-21-18(24)15-5-3-4-6-17(15)20/h3-8,11H,9-10H2,1-2H3,(H,21,24). The smallest absolute Gasteiger partial charge is 0.254 e. The van der Waals surface area contributed by atoms with Crippen molar-refractivity contribution < 1.29 is 14.0 Å². The van der Waals surface area contributed by atoms with Crippen LogP contribution in [0.2, 0.25) is 0 Å².